The van der Waals surface area contributed by atoms with E-state index in [1.807, 2.05) is 19.1 Å². The lowest BCUT2D eigenvalue weighted by Gasteiger charge is -2.15. The van der Waals surface area contributed by atoms with E-state index in [0.717, 1.165) is 22.5 Å². The van der Waals surface area contributed by atoms with Gasteiger partial charge in [-0.15, -0.1) is 0 Å². The normalized spacial score (nSPS) is 13.2. The summed E-state index contributed by atoms with van der Waals surface area (Å²) in [6.07, 6.45) is -4.37. The molecule has 0 bridgehead atoms. The summed E-state index contributed by atoms with van der Waals surface area (Å²) in [5.74, 6) is -0.117. The molecule has 0 radical (unpaired) electrons. The average Bonchev–Trinajstić information content (AvgIpc) is 3.00. The maximum atomic E-state index is 12.9. The van der Waals surface area contributed by atoms with Crippen molar-refractivity contribution in [3.05, 3.63) is 53.5 Å². The SMILES string of the molecule is Cc1cccc(C(O)CNc2cc(C(F)(F)F)nc3ncnn23)c1. The van der Waals surface area contributed by atoms with Crippen molar-refractivity contribution in [2.24, 2.45) is 0 Å². The molecule has 2 N–H and O–H groups in total. The predicted molar refractivity (Wildman–Crippen MR) is 80.4 cm³/mol. The van der Waals surface area contributed by atoms with Crippen LogP contribution in [0.5, 0.6) is 0 Å². The molecule has 2 heterocycles. The second-order valence-corrected chi connectivity index (χ2v) is 5.31. The van der Waals surface area contributed by atoms with E-state index in [1.54, 1.807) is 12.1 Å². The molecule has 1 atom stereocenters. The van der Waals surface area contributed by atoms with E-state index < -0.39 is 18.0 Å². The molecule has 3 rings (SSSR count). The highest BCUT2D eigenvalue weighted by atomic mass is 19.4. The van der Waals surface area contributed by atoms with Crippen LogP contribution in [0, 0.1) is 6.92 Å². The summed E-state index contributed by atoms with van der Waals surface area (Å²) in [7, 11) is 0. The fourth-order valence-electron chi connectivity index (χ4n) is 2.28. The highest BCUT2D eigenvalue weighted by molar-refractivity contribution is 5.46. The number of benzene rings is 1. The van der Waals surface area contributed by atoms with Gasteiger partial charge in [-0.05, 0) is 12.5 Å². The number of aliphatic hydroxyl groups is 1. The maximum Gasteiger partial charge on any atom is 0.433 e. The largest absolute Gasteiger partial charge is 0.433 e. The number of alkyl halides is 3. The van der Waals surface area contributed by atoms with E-state index in [2.05, 4.69) is 20.4 Å². The van der Waals surface area contributed by atoms with Crippen molar-refractivity contribution in [3.63, 3.8) is 0 Å². The van der Waals surface area contributed by atoms with Crippen molar-refractivity contribution in [2.45, 2.75) is 19.2 Å². The fraction of sp³-hybridized carbons (Fsp3) is 0.267. The monoisotopic (exact) mass is 337 g/mol. The molecule has 0 saturated heterocycles. The zero-order valence-corrected chi connectivity index (χ0v) is 12.6. The summed E-state index contributed by atoms with van der Waals surface area (Å²) in [5.41, 5.74) is 0.575. The summed E-state index contributed by atoms with van der Waals surface area (Å²) >= 11 is 0. The third-order valence-corrected chi connectivity index (χ3v) is 3.45. The second-order valence-electron chi connectivity index (χ2n) is 5.31. The average molecular weight is 337 g/mol. The third kappa shape index (κ3) is 3.30. The van der Waals surface area contributed by atoms with E-state index in [0.29, 0.717) is 5.56 Å². The molecular weight excluding hydrogens is 323 g/mol. The first-order valence-electron chi connectivity index (χ1n) is 7.11. The van der Waals surface area contributed by atoms with Gasteiger partial charge in [-0.25, -0.2) is 4.98 Å². The number of hydrogen-bond donors (Lipinski definition) is 2. The summed E-state index contributed by atoms with van der Waals surface area (Å²) in [6.45, 7) is 1.90. The number of fused-ring (bicyclic) bond motifs is 1. The first-order valence-corrected chi connectivity index (χ1v) is 7.11. The summed E-state index contributed by atoms with van der Waals surface area (Å²) in [4.78, 5) is 7.11. The zero-order chi connectivity index (χ0) is 17.3. The zero-order valence-electron chi connectivity index (χ0n) is 12.6. The Balaban J connectivity index is 1.85. The van der Waals surface area contributed by atoms with Crippen LogP contribution in [0.4, 0.5) is 19.0 Å². The number of aliphatic hydroxyl groups excluding tert-OH is 1. The van der Waals surface area contributed by atoms with Crippen molar-refractivity contribution < 1.29 is 18.3 Å². The Morgan fingerprint density at radius 2 is 2.08 bits per heavy atom. The number of aromatic nitrogens is 4. The summed E-state index contributed by atoms with van der Waals surface area (Å²) < 4.78 is 39.9. The molecule has 2 aromatic heterocycles. The van der Waals surface area contributed by atoms with Crippen LogP contribution in [0.15, 0.2) is 36.7 Å². The highest BCUT2D eigenvalue weighted by Crippen LogP contribution is 2.29. The van der Waals surface area contributed by atoms with Crippen molar-refractivity contribution in [3.8, 4) is 0 Å². The lowest BCUT2D eigenvalue weighted by atomic mass is 10.1. The van der Waals surface area contributed by atoms with Crippen LogP contribution < -0.4 is 5.32 Å². The number of aryl methyl sites for hydroxylation is 1. The van der Waals surface area contributed by atoms with Gasteiger partial charge >= 0.3 is 6.18 Å². The Kier molecular flexibility index (Phi) is 4.10. The summed E-state index contributed by atoms with van der Waals surface area (Å²) in [5, 5.41) is 16.8. The molecule has 0 aliphatic rings. The highest BCUT2D eigenvalue weighted by Gasteiger charge is 2.34. The van der Waals surface area contributed by atoms with Crippen LogP contribution in [0.3, 0.4) is 0 Å². The van der Waals surface area contributed by atoms with Gasteiger partial charge in [0.25, 0.3) is 5.78 Å². The molecule has 0 aliphatic carbocycles. The maximum absolute atomic E-state index is 12.9. The Morgan fingerprint density at radius 1 is 1.29 bits per heavy atom. The molecule has 0 amide bonds. The van der Waals surface area contributed by atoms with Crippen molar-refractivity contribution in [1.29, 1.82) is 0 Å². The molecular formula is C15H14F3N5O. The Morgan fingerprint density at radius 3 is 2.79 bits per heavy atom. The molecule has 0 aliphatic heterocycles. The van der Waals surface area contributed by atoms with Gasteiger partial charge < -0.3 is 10.4 Å². The molecule has 9 heteroatoms. The number of hydrogen-bond acceptors (Lipinski definition) is 5. The standard InChI is InChI=1S/C15H14F3N5O/c1-9-3-2-4-10(5-9)11(24)7-19-13-6-12(15(16,17)18)22-14-20-8-21-23(13)14/h2-6,8,11,19,24H,7H2,1H3. The minimum absolute atomic E-state index is 0.0136. The van der Waals surface area contributed by atoms with E-state index in [1.165, 1.54) is 0 Å². The van der Waals surface area contributed by atoms with E-state index in [9.17, 15) is 18.3 Å². The van der Waals surface area contributed by atoms with Crippen LogP contribution >= 0.6 is 0 Å². The number of anilines is 1. The predicted octanol–water partition coefficient (Wildman–Crippen LogP) is 2.60. The lowest BCUT2D eigenvalue weighted by Crippen LogP contribution is -2.17. The van der Waals surface area contributed by atoms with E-state index >= 15 is 0 Å². The number of nitrogens with zero attached hydrogens (tertiary/aromatic N) is 4. The Bertz CT molecular complexity index is 862. The first kappa shape index (κ1) is 16.2. The number of halogens is 3. The van der Waals surface area contributed by atoms with Gasteiger partial charge in [0, 0.05) is 12.6 Å². The van der Waals surface area contributed by atoms with Gasteiger partial charge in [-0.2, -0.15) is 27.8 Å². The molecule has 0 spiro atoms. The number of nitrogens with one attached hydrogen (secondary N) is 1. The fourth-order valence-corrected chi connectivity index (χ4v) is 2.28. The molecule has 3 aromatic rings. The molecule has 0 saturated carbocycles. The topological polar surface area (TPSA) is 75.3 Å². The molecule has 126 valence electrons. The van der Waals surface area contributed by atoms with Crippen LogP contribution in [0.1, 0.15) is 22.9 Å². The quantitative estimate of drug-likeness (QED) is 0.765. The van der Waals surface area contributed by atoms with Gasteiger partial charge in [0.05, 0.1) is 6.10 Å². The molecule has 24 heavy (non-hydrogen) atoms. The number of rotatable bonds is 4. The minimum Gasteiger partial charge on any atom is -0.387 e. The lowest BCUT2D eigenvalue weighted by molar-refractivity contribution is -0.141. The van der Waals surface area contributed by atoms with Crippen LogP contribution in [-0.2, 0) is 6.18 Å². The third-order valence-electron chi connectivity index (χ3n) is 3.45. The van der Waals surface area contributed by atoms with Crippen molar-refractivity contribution >= 4 is 11.6 Å². The van der Waals surface area contributed by atoms with Crippen LogP contribution in [-0.4, -0.2) is 31.2 Å². The van der Waals surface area contributed by atoms with Gasteiger partial charge in [-0.1, -0.05) is 29.8 Å². The van der Waals surface area contributed by atoms with Gasteiger partial charge in [0.1, 0.15) is 12.1 Å². The second kappa shape index (κ2) is 6.08. The van der Waals surface area contributed by atoms with Crippen LogP contribution in [0.25, 0.3) is 5.78 Å². The van der Waals surface area contributed by atoms with E-state index in [4.69, 9.17) is 0 Å². The Hall–Kier alpha value is -2.68. The summed E-state index contributed by atoms with van der Waals surface area (Å²) in [6, 6.07) is 8.09. The van der Waals surface area contributed by atoms with Gasteiger partial charge in [0.15, 0.2) is 5.69 Å². The van der Waals surface area contributed by atoms with Gasteiger partial charge in [-0.3, -0.25) is 0 Å². The van der Waals surface area contributed by atoms with Crippen molar-refractivity contribution in [1.82, 2.24) is 19.6 Å². The first-order chi connectivity index (χ1) is 11.3. The smallest absolute Gasteiger partial charge is 0.387 e. The molecule has 6 nitrogen and oxygen atoms in total. The molecule has 1 unspecified atom stereocenters. The molecule has 1 aromatic carbocycles. The van der Waals surface area contributed by atoms with Gasteiger partial charge in [0.2, 0.25) is 0 Å². The van der Waals surface area contributed by atoms with E-state index in [-0.39, 0.29) is 18.1 Å². The minimum atomic E-state index is -4.60. The Labute approximate surface area is 135 Å². The van der Waals surface area contributed by atoms with Crippen molar-refractivity contribution in [2.75, 3.05) is 11.9 Å². The van der Waals surface area contributed by atoms with Crippen LogP contribution in [0.2, 0.25) is 0 Å². The molecule has 0 fully saturated rings.